The predicted octanol–water partition coefficient (Wildman–Crippen LogP) is 2.88. The van der Waals surface area contributed by atoms with Crippen LogP contribution in [0.1, 0.15) is 18.1 Å². The molecule has 1 atom stereocenters. The van der Waals surface area contributed by atoms with Crippen molar-refractivity contribution >= 4 is 17.3 Å². The van der Waals surface area contributed by atoms with Gasteiger partial charge in [0.05, 0.1) is 9.95 Å². The molecule has 2 rings (SSSR count). The van der Waals surface area contributed by atoms with Gasteiger partial charge in [0.2, 0.25) is 5.75 Å². The van der Waals surface area contributed by atoms with Crippen LogP contribution in [0.4, 0.5) is 5.69 Å². The van der Waals surface area contributed by atoms with Crippen LogP contribution in [0.5, 0.6) is 5.75 Å². The van der Waals surface area contributed by atoms with E-state index in [1.807, 2.05) is 6.92 Å². The Labute approximate surface area is 92.0 Å². The average Bonchev–Trinajstić information content (AvgIpc) is 2.53. The summed E-state index contributed by atoms with van der Waals surface area (Å²) in [5, 5.41) is 11.4. The van der Waals surface area contributed by atoms with Crippen molar-refractivity contribution in [2.45, 2.75) is 26.4 Å². The molecule has 0 bridgehead atoms. The van der Waals surface area contributed by atoms with E-state index in [1.54, 1.807) is 6.92 Å². The van der Waals surface area contributed by atoms with Gasteiger partial charge in [-0.3, -0.25) is 10.1 Å². The molecule has 1 aromatic carbocycles. The minimum absolute atomic E-state index is 0.0104. The van der Waals surface area contributed by atoms with Crippen LogP contribution in [0, 0.1) is 17.0 Å². The molecule has 0 radical (unpaired) electrons. The third kappa shape index (κ3) is 1.55. The van der Waals surface area contributed by atoms with Gasteiger partial charge in [-0.25, -0.2) is 0 Å². The number of fused-ring (bicyclic) bond motifs is 1. The SMILES string of the molecule is Cc1cc([N+](=O)[O-])c2c(c1Cl)CC(C)O2. The largest absolute Gasteiger partial charge is 0.483 e. The summed E-state index contributed by atoms with van der Waals surface area (Å²) in [6.07, 6.45) is 0.592. The lowest BCUT2D eigenvalue weighted by Gasteiger charge is -2.05. The summed E-state index contributed by atoms with van der Waals surface area (Å²) >= 11 is 6.08. The Hall–Kier alpha value is -1.29. The van der Waals surface area contributed by atoms with Crippen molar-refractivity contribution in [1.82, 2.24) is 0 Å². The Morgan fingerprint density at radius 2 is 2.33 bits per heavy atom. The zero-order valence-corrected chi connectivity index (χ0v) is 9.17. The van der Waals surface area contributed by atoms with Crippen molar-refractivity contribution in [3.8, 4) is 5.75 Å². The van der Waals surface area contributed by atoms with Crippen molar-refractivity contribution in [3.05, 3.63) is 32.3 Å². The van der Waals surface area contributed by atoms with E-state index in [-0.39, 0.29) is 11.8 Å². The zero-order valence-electron chi connectivity index (χ0n) is 8.41. The highest BCUT2D eigenvalue weighted by molar-refractivity contribution is 6.32. The number of benzene rings is 1. The molecule has 1 aromatic rings. The average molecular weight is 228 g/mol. The summed E-state index contributed by atoms with van der Waals surface area (Å²) in [6.45, 7) is 3.63. The number of ether oxygens (including phenoxy) is 1. The van der Waals surface area contributed by atoms with Gasteiger partial charge in [-0.2, -0.15) is 0 Å². The van der Waals surface area contributed by atoms with Crippen molar-refractivity contribution < 1.29 is 9.66 Å². The number of nitrogens with zero attached hydrogens (tertiary/aromatic N) is 1. The summed E-state index contributed by atoms with van der Waals surface area (Å²) in [5.41, 5.74) is 1.49. The van der Waals surface area contributed by atoms with E-state index >= 15 is 0 Å². The monoisotopic (exact) mass is 227 g/mol. The van der Waals surface area contributed by atoms with E-state index < -0.39 is 4.92 Å². The van der Waals surface area contributed by atoms with Crippen LogP contribution >= 0.6 is 11.6 Å². The fourth-order valence-electron chi connectivity index (χ4n) is 1.81. The fraction of sp³-hybridized carbons (Fsp3) is 0.400. The molecule has 0 saturated heterocycles. The maximum atomic E-state index is 10.8. The van der Waals surface area contributed by atoms with Gasteiger partial charge in [0, 0.05) is 18.1 Å². The molecule has 0 aromatic heterocycles. The molecule has 0 amide bonds. The first-order valence-electron chi connectivity index (χ1n) is 4.63. The molecule has 5 heteroatoms. The smallest absolute Gasteiger partial charge is 0.311 e. The van der Waals surface area contributed by atoms with Crippen LogP contribution in [0.25, 0.3) is 0 Å². The topological polar surface area (TPSA) is 52.4 Å². The quantitative estimate of drug-likeness (QED) is 0.548. The van der Waals surface area contributed by atoms with Crippen LogP contribution in [-0.4, -0.2) is 11.0 Å². The first-order valence-corrected chi connectivity index (χ1v) is 5.01. The molecule has 80 valence electrons. The number of nitro groups is 1. The molecule has 1 unspecified atom stereocenters. The summed E-state index contributed by atoms with van der Waals surface area (Å²) in [6, 6.07) is 1.46. The second-order valence-electron chi connectivity index (χ2n) is 3.72. The lowest BCUT2D eigenvalue weighted by Crippen LogP contribution is -2.05. The zero-order chi connectivity index (χ0) is 11.2. The number of halogens is 1. The molecule has 15 heavy (non-hydrogen) atoms. The molecule has 1 aliphatic rings. The molecular formula is C10H10ClNO3. The lowest BCUT2D eigenvalue weighted by molar-refractivity contribution is -0.385. The molecule has 4 nitrogen and oxygen atoms in total. The van der Waals surface area contributed by atoms with Gasteiger partial charge in [-0.05, 0) is 19.4 Å². The molecule has 0 saturated carbocycles. The normalized spacial score (nSPS) is 18.5. The van der Waals surface area contributed by atoms with Gasteiger partial charge in [-0.15, -0.1) is 0 Å². The summed E-state index contributed by atoms with van der Waals surface area (Å²) in [7, 11) is 0. The van der Waals surface area contributed by atoms with E-state index in [4.69, 9.17) is 16.3 Å². The minimum Gasteiger partial charge on any atom is -0.483 e. The van der Waals surface area contributed by atoms with Crippen molar-refractivity contribution in [2.24, 2.45) is 0 Å². The Bertz CT molecular complexity index is 445. The maximum Gasteiger partial charge on any atom is 0.311 e. The first-order chi connectivity index (χ1) is 7.00. The minimum atomic E-state index is -0.430. The van der Waals surface area contributed by atoms with Gasteiger partial charge in [0.1, 0.15) is 6.10 Å². The molecular weight excluding hydrogens is 218 g/mol. The van der Waals surface area contributed by atoms with Crippen molar-refractivity contribution in [2.75, 3.05) is 0 Å². The van der Waals surface area contributed by atoms with Crippen LogP contribution in [-0.2, 0) is 6.42 Å². The van der Waals surface area contributed by atoms with E-state index in [9.17, 15) is 10.1 Å². The second-order valence-corrected chi connectivity index (χ2v) is 4.10. The third-order valence-corrected chi connectivity index (χ3v) is 3.00. The Kier molecular flexibility index (Phi) is 2.31. The highest BCUT2D eigenvalue weighted by atomic mass is 35.5. The fourth-order valence-corrected chi connectivity index (χ4v) is 2.02. The molecule has 0 aliphatic carbocycles. The number of hydrogen-bond donors (Lipinski definition) is 0. The number of aryl methyl sites for hydroxylation is 1. The van der Waals surface area contributed by atoms with E-state index in [1.165, 1.54) is 6.07 Å². The highest BCUT2D eigenvalue weighted by Crippen LogP contribution is 2.43. The Morgan fingerprint density at radius 3 is 2.93 bits per heavy atom. The first kappa shape index (κ1) is 10.2. The number of hydrogen-bond acceptors (Lipinski definition) is 3. The van der Waals surface area contributed by atoms with Crippen LogP contribution in [0.3, 0.4) is 0 Å². The predicted molar refractivity (Wildman–Crippen MR) is 56.6 cm³/mol. The number of rotatable bonds is 1. The summed E-state index contributed by atoms with van der Waals surface area (Å²) in [5.74, 6) is 0.336. The molecule has 0 N–H and O–H groups in total. The molecule has 0 spiro atoms. The van der Waals surface area contributed by atoms with E-state index in [0.29, 0.717) is 17.2 Å². The summed E-state index contributed by atoms with van der Waals surface area (Å²) in [4.78, 5) is 10.4. The lowest BCUT2D eigenvalue weighted by atomic mass is 10.1. The third-order valence-electron chi connectivity index (χ3n) is 2.48. The second kappa shape index (κ2) is 3.38. The molecule has 1 heterocycles. The number of nitro benzene ring substituents is 1. The molecule has 1 aliphatic heterocycles. The van der Waals surface area contributed by atoms with Gasteiger partial charge in [0.25, 0.3) is 0 Å². The molecule has 0 fully saturated rings. The highest BCUT2D eigenvalue weighted by Gasteiger charge is 2.31. The Morgan fingerprint density at radius 1 is 1.67 bits per heavy atom. The van der Waals surface area contributed by atoms with Crippen LogP contribution < -0.4 is 4.74 Å². The van der Waals surface area contributed by atoms with Crippen molar-refractivity contribution in [1.29, 1.82) is 0 Å². The maximum absolute atomic E-state index is 10.8. The van der Waals surface area contributed by atoms with Gasteiger partial charge in [0.15, 0.2) is 0 Å². The van der Waals surface area contributed by atoms with Crippen LogP contribution in [0.2, 0.25) is 5.02 Å². The van der Waals surface area contributed by atoms with E-state index in [2.05, 4.69) is 0 Å². The van der Waals surface area contributed by atoms with Gasteiger partial charge < -0.3 is 4.74 Å². The van der Waals surface area contributed by atoms with E-state index in [0.717, 1.165) is 11.1 Å². The van der Waals surface area contributed by atoms with Gasteiger partial charge in [-0.1, -0.05) is 11.6 Å². The van der Waals surface area contributed by atoms with Crippen molar-refractivity contribution in [3.63, 3.8) is 0 Å². The van der Waals surface area contributed by atoms with Crippen LogP contribution in [0.15, 0.2) is 6.07 Å². The summed E-state index contributed by atoms with van der Waals surface area (Å²) < 4.78 is 5.41. The van der Waals surface area contributed by atoms with Gasteiger partial charge >= 0.3 is 5.69 Å². The Balaban J connectivity index is 2.66. The standard InChI is InChI=1S/C10H10ClNO3/c1-5-3-8(12(13)14)10-7(9(5)11)4-6(2)15-10/h3,6H,4H2,1-2H3.